The van der Waals surface area contributed by atoms with Crippen molar-refractivity contribution in [3.8, 4) is 5.75 Å². The molecule has 3 aromatic carbocycles. The van der Waals surface area contributed by atoms with Crippen LogP contribution in [0.2, 0.25) is 0 Å². The van der Waals surface area contributed by atoms with Gasteiger partial charge in [0.15, 0.2) is 0 Å². The van der Waals surface area contributed by atoms with E-state index in [1.807, 2.05) is 30.3 Å². The van der Waals surface area contributed by atoms with Crippen LogP contribution in [-0.2, 0) is 16.0 Å². The van der Waals surface area contributed by atoms with Crippen LogP contribution in [0.4, 0.5) is 5.69 Å². The van der Waals surface area contributed by atoms with Crippen LogP contribution in [-0.4, -0.2) is 17.8 Å². The molecule has 170 valence electrons. The van der Waals surface area contributed by atoms with E-state index in [9.17, 15) is 14.4 Å². The average molecular weight is 452 g/mol. The molecule has 0 radical (unpaired) electrons. The highest BCUT2D eigenvalue weighted by Crippen LogP contribution is 2.56. The van der Waals surface area contributed by atoms with Gasteiger partial charge in [0.2, 0.25) is 11.8 Å². The Bertz CT molecular complexity index is 1220. The van der Waals surface area contributed by atoms with Crippen molar-refractivity contribution in [2.45, 2.75) is 25.7 Å². The van der Waals surface area contributed by atoms with Crippen LogP contribution in [0.3, 0.4) is 0 Å². The maximum absolute atomic E-state index is 13.0. The van der Waals surface area contributed by atoms with Crippen LogP contribution in [0.5, 0.6) is 5.75 Å². The summed E-state index contributed by atoms with van der Waals surface area (Å²) >= 11 is 0. The monoisotopic (exact) mass is 451 g/mol. The maximum atomic E-state index is 13.0. The van der Waals surface area contributed by atoms with E-state index in [1.165, 1.54) is 10.5 Å². The number of ether oxygens (including phenoxy) is 1. The van der Waals surface area contributed by atoms with Gasteiger partial charge in [-0.25, -0.2) is 4.79 Å². The number of hydrogen-bond donors (Lipinski definition) is 0. The molecule has 4 atom stereocenters. The minimum Gasteiger partial charge on any atom is -0.423 e. The number of amides is 2. The largest absolute Gasteiger partial charge is 0.423 e. The number of carbonyl (C=O) groups excluding carboxylic acids is 3. The predicted octanol–water partition coefficient (Wildman–Crippen LogP) is 5.03. The number of hydrogen-bond acceptors (Lipinski definition) is 4. The third kappa shape index (κ3) is 3.52. The van der Waals surface area contributed by atoms with E-state index in [0.29, 0.717) is 28.8 Å². The summed E-state index contributed by atoms with van der Waals surface area (Å²) in [5.41, 5.74) is 3.26. The van der Waals surface area contributed by atoms with Crippen molar-refractivity contribution in [2.24, 2.45) is 23.7 Å². The van der Waals surface area contributed by atoms with Crippen molar-refractivity contribution < 1.29 is 19.1 Å². The maximum Gasteiger partial charge on any atom is 0.343 e. The second-order valence-electron chi connectivity index (χ2n) is 9.64. The van der Waals surface area contributed by atoms with Gasteiger partial charge in [0, 0.05) is 0 Å². The molecular formula is C29H25NO4. The van der Waals surface area contributed by atoms with Crippen molar-refractivity contribution in [1.29, 1.82) is 0 Å². The van der Waals surface area contributed by atoms with E-state index in [-0.39, 0.29) is 23.7 Å². The second-order valence-corrected chi connectivity index (χ2v) is 9.64. The van der Waals surface area contributed by atoms with Gasteiger partial charge in [0.25, 0.3) is 0 Å². The van der Waals surface area contributed by atoms with Gasteiger partial charge in [-0.05, 0) is 85.0 Å². The van der Waals surface area contributed by atoms with Crippen molar-refractivity contribution >= 4 is 23.5 Å². The number of anilines is 1. The first-order valence-corrected chi connectivity index (χ1v) is 11.9. The molecule has 2 aliphatic carbocycles. The fraction of sp³-hybridized carbons (Fsp3) is 0.276. The van der Waals surface area contributed by atoms with Crippen LogP contribution in [0.1, 0.15) is 40.7 Å². The van der Waals surface area contributed by atoms with Crippen molar-refractivity contribution in [1.82, 2.24) is 0 Å². The van der Waals surface area contributed by atoms with E-state index in [0.717, 1.165) is 31.2 Å². The molecule has 5 heteroatoms. The Morgan fingerprint density at radius 1 is 0.765 bits per heavy atom. The molecule has 5 nitrogen and oxygen atoms in total. The number of imide groups is 1. The Morgan fingerprint density at radius 3 is 1.97 bits per heavy atom. The summed E-state index contributed by atoms with van der Waals surface area (Å²) in [6.07, 6.45) is 3.93. The van der Waals surface area contributed by atoms with Crippen molar-refractivity contribution in [3.05, 3.63) is 95.6 Å². The molecule has 0 unspecified atom stereocenters. The second kappa shape index (κ2) is 8.24. The lowest BCUT2D eigenvalue weighted by Crippen LogP contribution is -2.32. The molecule has 1 aliphatic heterocycles. The summed E-state index contributed by atoms with van der Waals surface area (Å²) in [5.74, 6) is 0.243. The normalized spacial score (nSPS) is 25.0. The Balaban J connectivity index is 1.12. The fourth-order valence-electron chi connectivity index (χ4n) is 6.08. The van der Waals surface area contributed by atoms with Crippen LogP contribution in [0.15, 0.2) is 78.9 Å². The topological polar surface area (TPSA) is 63.7 Å². The van der Waals surface area contributed by atoms with Crippen molar-refractivity contribution in [2.75, 3.05) is 4.90 Å². The first-order valence-electron chi connectivity index (χ1n) is 11.9. The lowest BCUT2D eigenvalue weighted by atomic mass is 9.81. The van der Waals surface area contributed by atoms with E-state index in [1.54, 1.807) is 36.4 Å². The number of nitrogens with zero attached hydrogens (tertiary/aromatic N) is 1. The molecule has 6 rings (SSSR count). The van der Waals surface area contributed by atoms with Crippen molar-refractivity contribution in [3.63, 3.8) is 0 Å². The molecule has 2 bridgehead atoms. The first-order chi connectivity index (χ1) is 16.6. The summed E-state index contributed by atoms with van der Waals surface area (Å²) < 4.78 is 5.52. The van der Waals surface area contributed by atoms with Crippen LogP contribution in [0, 0.1) is 23.7 Å². The smallest absolute Gasteiger partial charge is 0.343 e. The molecule has 1 saturated heterocycles. The van der Waals surface area contributed by atoms with Gasteiger partial charge in [-0.1, -0.05) is 42.5 Å². The lowest BCUT2D eigenvalue weighted by molar-refractivity contribution is -0.123. The van der Waals surface area contributed by atoms with Crippen LogP contribution < -0.4 is 9.64 Å². The van der Waals surface area contributed by atoms with E-state index < -0.39 is 5.97 Å². The first kappa shape index (κ1) is 20.8. The molecule has 0 spiro atoms. The zero-order valence-corrected chi connectivity index (χ0v) is 18.7. The predicted molar refractivity (Wildman–Crippen MR) is 127 cm³/mol. The summed E-state index contributed by atoms with van der Waals surface area (Å²) in [4.78, 5) is 40.0. The van der Waals surface area contributed by atoms with Gasteiger partial charge >= 0.3 is 5.97 Å². The third-order valence-electron chi connectivity index (χ3n) is 7.67. The highest BCUT2D eigenvalue weighted by atomic mass is 16.5. The molecule has 34 heavy (non-hydrogen) atoms. The summed E-state index contributed by atoms with van der Waals surface area (Å²) in [6, 6.07) is 24.2. The molecule has 1 heterocycles. The summed E-state index contributed by atoms with van der Waals surface area (Å²) in [5, 5.41) is 0. The van der Waals surface area contributed by atoms with E-state index in [4.69, 9.17) is 4.74 Å². The molecule has 2 saturated carbocycles. The SMILES string of the molecule is O=C(Oc1ccc(Cc2ccccc2)cc1)c1ccc(N2C(=O)[C@@H]3[C@H]4CC[C@@H](C4)[C@@H]3C2=O)cc1. The van der Waals surface area contributed by atoms with Gasteiger partial charge in [-0.15, -0.1) is 0 Å². The Kier molecular flexibility index (Phi) is 5.05. The van der Waals surface area contributed by atoms with Crippen LogP contribution >= 0.6 is 0 Å². The average Bonchev–Trinajstić information content (AvgIpc) is 3.55. The van der Waals surface area contributed by atoms with Gasteiger partial charge in [-0.2, -0.15) is 0 Å². The highest BCUT2D eigenvalue weighted by Gasteiger charge is 2.61. The highest BCUT2D eigenvalue weighted by molar-refractivity contribution is 6.22. The zero-order valence-electron chi connectivity index (χ0n) is 18.7. The molecule has 2 amide bonds. The molecule has 0 aromatic heterocycles. The quantitative estimate of drug-likeness (QED) is 0.310. The number of carbonyl (C=O) groups is 3. The Labute approximate surface area is 198 Å². The van der Waals surface area contributed by atoms with E-state index >= 15 is 0 Å². The van der Waals surface area contributed by atoms with E-state index in [2.05, 4.69) is 12.1 Å². The number of esters is 1. The van der Waals surface area contributed by atoms with Crippen LogP contribution in [0.25, 0.3) is 0 Å². The Hall–Kier alpha value is -3.73. The number of fused-ring (bicyclic) bond motifs is 5. The van der Waals surface area contributed by atoms with Gasteiger partial charge in [0.1, 0.15) is 5.75 Å². The van der Waals surface area contributed by atoms with Gasteiger partial charge in [0.05, 0.1) is 23.1 Å². The zero-order chi connectivity index (χ0) is 23.2. The third-order valence-corrected chi connectivity index (χ3v) is 7.67. The summed E-state index contributed by atoms with van der Waals surface area (Å²) in [7, 11) is 0. The Morgan fingerprint density at radius 2 is 1.35 bits per heavy atom. The summed E-state index contributed by atoms with van der Waals surface area (Å²) in [6.45, 7) is 0. The molecule has 3 aliphatic rings. The number of rotatable bonds is 5. The minimum atomic E-state index is -0.476. The molecule has 3 fully saturated rings. The lowest BCUT2D eigenvalue weighted by Gasteiger charge is -2.19. The molecular weight excluding hydrogens is 426 g/mol. The standard InChI is InChI=1S/C29H25NO4/c31-27-25-21-8-9-22(17-21)26(25)28(32)30(27)23-12-10-20(11-13-23)29(33)34-24-14-6-19(7-15-24)16-18-4-2-1-3-5-18/h1-7,10-15,21-22,25-26H,8-9,16-17H2/t21-,22-,25-,26+/m0/s1. The molecule has 3 aromatic rings. The fourth-order valence-corrected chi connectivity index (χ4v) is 6.08. The van der Waals surface area contributed by atoms with Gasteiger partial charge in [-0.3, -0.25) is 14.5 Å². The molecule has 0 N–H and O–H groups in total. The number of benzene rings is 3. The van der Waals surface area contributed by atoms with Gasteiger partial charge < -0.3 is 4.74 Å². The minimum absolute atomic E-state index is 0.0758.